The van der Waals surface area contributed by atoms with E-state index in [2.05, 4.69) is 10.3 Å². The summed E-state index contributed by atoms with van der Waals surface area (Å²) in [6, 6.07) is 3.42. The number of amides is 1. The predicted molar refractivity (Wildman–Crippen MR) is 52.1 cm³/mol. The van der Waals surface area contributed by atoms with Gasteiger partial charge in [-0.2, -0.15) is 0 Å². The number of nitrogens with one attached hydrogen (secondary N) is 1. The number of pyridine rings is 1. The normalized spacial score (nSPS) is 10.1. The van der Waals surface area contributed by atoms with Crippen LogP contribution < -0.4 is 11.1 Å². The number of anilines is 2. The van der Waals surface area contributed by atoms with Crippen molar-refractivity contribution >= 4 is 17.4 Å². The molecule has 0 bridgehead atoms. The summed E-state index contributed by atoms with van der Waals surface area (Å²) in [5, 5.41) is 2.63. The number of nitrogens with two attached hydrogens (primary N) is 1. The lowest BCUT2D eigenvalue weighted by molar-refractivity contribution is -0.118. The van der Waals surface area contributed by atoms with E-state index >= 15 is 0 Å². The summed E-state index contributed by atoms with van der Waals surface area (Å²) in [7, 11) is 0. The second-order valence-electron chi connectivity index (χ2n) is 3.09. The Labute approximate surface area is 77.2 Å². The molecule has 1 heterocycles. The van der Waals surface area contributed by atoms with E-state index in [4.69, 9.17) is 5.73 Å². The minimum Gasteiger partial charge on any atom is -0.396 e. The highest BCUT2D eigenvalue weighted by atomic mass is 16.1. The molecule has 0 saturated carbocycles. The van der Waals surface area contributed by atoms with Crippen LogP contribution in [0.25, 0.3) is 0 Å². The first-order chi connectivity index (χ1) is 6.11. The van der Waals surface area contributed by atoms with Gasteiger partial charge in [-0.1, -0.05) is 13.8 Å². The molecule has 13 heavy (non-hydrogen) atoms. The molecule has 1 amide bonds. The molecule has 70 valence electrons. The summed E-state index contributed by atoms with van der Waals surface area (Å²) < 4.78 is 0. The molecule has 1 aromatic heterocycles. The number of hydrogen-bond acceptors (Lipinski definition) is 3. The maximum Gasteiger partial charge on any atom is 0.228 e. The predicted octanol–water partition coefficient (Wildman–Crippen LogP) is 1.26. The first kappa shape index (κ1) is 9.51. The smallest absolute Gasteiger partial charge is 0.228 e. The van der Waals surface area contributed by atoms with Gasteiger partial charge in [0.2, 0.25) is 5.91 Å². The molecule has 3 N–H and O–H groups in total. The van der Waals surface area contributed by atoms with Crippen LogP contribution in [0.15, 0.2) is 18.3 Å². The van der Waals surface area contributed by atoms with Gasteiger partial charge >= 0.3 is 0 Å². The molecule has 4 heteroatoms. The Morgan fingerprint density at radius 1 is 1.62 bits per heavy atom. The fraction of sp³-hybridized carbons (Fsp3) is 0.333. The summed E-state index contributed by atoms with van der Waals surface area (Å²) in [6.07, 6.45) is 1.59. The fourth-order valence-electron chi connectivity index (χ4n) is 0.783. The van der Waals surface area contributed by atoms with Crippen LogP contribution in [0.5, 0.6) is 0 Å². The molecule has 0 fully saturated rings. The maximum absolute atomic E-state index is 11.3. The van der Waals surface area contributed by atoms with Crippen molar-refractivity contribution < 1.29 is 4.79 Å². The van der Waals surface area contributed by atoms with Crippen molar-refractivity contribution in [2.75, 3.05) is 11.1 Å². The van der Waals surface area contributed by atoms with Gasteiger partial charge in [-0.15, -0.1) is 0 Å². The summed E-state index contributed by atoms with van der Waals surface area (Å²) in [4.78, 5) is 15.2. The van der Waals surface area contributed by atoms with Gasteiger partial charge < -0.3 is 11.1 Å². The molecule has 0 unspecified atom stereocenters. The third-order valence-electron chi connectivity index (χ3n) is 1.60. The molecule has 4 nitrogen and oxygen atoms in total. The summed E-state index contributed by atoms with van der Waals surface area (Å²) in [5.74, 6) is 0.285. The first-order valence-electron chi connectivity index (χ1n) is 4.12. The highest BCUT2D eigenvalue weighted by Crippen LogP contribution is 2.13. The Bertz CT molecular complexity index is 309. The monoisotopic (exact) mass is 179 g/mol. The van der Waals surface area contributed by atoms with Crippen molar-refractivity contribution in [3.05, 3.63) is 18.3 Å². The van der Waals surface area contributed by atoms with E-state index in [0.29, 0.717) is 11.5 Å². The molecule has 0 saturated heterocycles. The van der Waals surface area contributed by atoms with Crippen LogP contribution in [0.3, 0.4) is 0 Å². The standard InChI is InChI=1S/C9H13N3O/c1-6(2)9(13)12-8-7(10)4-3-5-11-8/h3-6H,10H2,1-2H3,(H,11,12,13). The minimum absolute atomic E-state index is 0.0681. The molecule has 0 atom stereocenters. The minimum atomic E-state index is -0.0783. The third kappa shape index (κ3) is 2.43. The van der Waals surface area contributed by atoms with Crippen molar-refractivity contribution in [2.24, 2.45) is 5.92 Å². The fourth-order valence-corrected chi connectivity index (χ4v) is 0.783. The molecular formula is C9H13N3O. The third-order valence-corrected chi connectivity index (χ3v) is 1.60. The number of nitrogens with zero attached hydrogens (tertiary/aromatic N) is 1. The lowest BCUT2D eigenvalue weighted by Crippen LogP contribution is -2.19. The Kier molecular flexibility index (Phi) is 2.84. The van der Waals surface area contributed by atoms with Crippen molar-refractivity contribution in [3.8, 4) is 0 Å². The van der Waals surface area contributed by atoms with Gasteiger partial charge in [0.1, 0.15) is 0 Å². The number of nitrogen functional groups attached to an aromatic ring is 1. The van der Waals surface area contributed by atoms with E-state index in [-0.39, 0.29) is 11.8 Å². The van der Waals surface area contributed by atoms with E-state index in [9.17, 15) is 4.79 Å². The topological polar surface area (TPSA) is 68.0 Å². The van der Waals surface area contributed by atoms with E-state index in [1.807, 2.05) is 13.8 Å². The summed E-state index contributed by atoms with van der Waals surface area (Å²) in [6.45, 7) is 3.63. The lowest BCUT2D eigenvalue weighted by Gasteiger charge is -2.07. The molecule has 0 aliphatic carbocycles. The zero-order valence-electron chi connectivity index (χ0n) is 7.74. The van der Waals surface area contributed by atoms with E-state index < -0.39 is 0 Å². The van der Waals surface area contributed by atoms with Crippen LogP contribution in [0, 0.1) is 5.92 Å². The van der Waals surface area contributed by atoms with E-state index in [0.717, 1.165) is 0 Å². The molecule has 0 spiro atoms. The molecule has 0 aliphatic heterocycles. The lowest BCUT2D eigenvalue weighted by atomic mass is 10.2. The van der Waals surface area contributed by atoms with Gasteiger partial charge in [0.25, 0.3) is 0 Å². The molecule has 0 aromatic carbocycles. The molecular weight excluding hydrogens is 166 g/mol. The average Bonchev–Trinajstić information content (AvgIpc) is 2.08. The van der Waals surface area contributed by atoms with Gasteiger partial charge in [0.15, 0.2) is 5.82 Å². The van der Waals surface area contributed by atoms with E-state index in [1.165, 1.54) is 0 Å². The Hall–Kier alpha value is -1.58. The van der Waals surface area contributed by atoms with Crippen LogP contribution in [-0.4, -0.2) is 10.9 Å². The summed E-state index contributed by atoms with van der Waals surface area (Å²) >= 11 is 0. The van der Waals surface area contributed by atoms with Crippen molar-refractivity contribution in [3.63, 3.8) is 0 Å². The molecule has 0 aliphatic rings. The van der Waals surface area contributed by atoms with Crippen molar-refractivity contribution in [2.45, 2.75) is 13.8 Å². The van der Waals surface area contributed by atoms with Gasteiger partial charge in [0, 0.05) is 12.1 Å². The first-order valence-corrected chi connectivity index (χ1v) is 4.12. The number of aromatic nitrogens is 1. The van der Waals surface area contributed by atoms with Crippen LogP contribution >= 0.6 is 0 Å². The second kappa shape index (κ2) is 3.89. The zero-order valence-corrected chi connectivity index (χ0v) is 7.74. The summed E-state index contributed by atoms with van der Waals surface area (Å²) in [5.41, 5.74) is 6.07. The molecule has 0 radical (unpaired) electrons. The quantitative estimate of drug-likeness (QED) is 0.718. The number of carbonyl (C=O) groups is 1. The number of hydrogen-bond donors (Lipinski definition) is 2. The van der Waals surface area contributed by atoms with Crippen LogP contribution in [0.1, 0.15) is 13.8 Å². The van der Waals surface area contributed by atoms with Crippen molar-refractivity contribution in [1.82, 2.24) is 4.98 Å². The largest absolute Gasteiger partial charge is 0.396 e. The van der Waals surface area contributed by atoms with Gasteiger partial charge in [-0.3, -0.25) is 4.79 Å². The van der Waals surface area contributed by atoms with Crippen LogP contribution in [0.4, 0.5) is 11.5 Å². The van der Waals surface area contributed by atoms with Gasteiger partial charge in [-0.25, -0.2) is 4.98 Å². The maximum atomic E-state index is 11.3. The average molecular weight is 179 g/mol. The molecule has 1 rings (SSSR count). The Balaban J connectivity index is 2.75. The number of rotatable bonds is 2. The molecule has 1 aromatic rings. The Morgan fingerprint density at radius 2 is 2.31 bits per heavy atom. The van der Waals surface area contributed by atoms with Crippen molar-refractivity contribution in [1.29, 1.82) is 0 Å². The highest BCUT2D eigenvalue weighted by molar-refractivity contribution is 5.93. The second-order valence-corrected chi connectivity index (χ2v) is 3.09. The zero-order chi connectivity index (χ0) is 9.84. The van der Waals surface area contributed by atoms with Crippen LogP contribution in [-0.2, 0) is 4.79 Å². The Morgan fingerprint density at radius 3 is 2.85 bits per heavy atom. The highest BCUT2D eigenvalue weighted by Gasteiger charge is 2.08. The number of carbonyl (C=O) groups excluding carboxylic acids is 1. The van der Waals surface area contributed by atoms with Crippen LogP contribution in [0.2, 0.25) is 0 Å². The van der Waals surface area contributed by atoms with Gasteiger partial charge in [0.05, 0.1) is 5.69 Å². The van der Waals surface area contributed by atoms with E-state index in [1.54, 1.807) is 18.3 Å². The van der Waals surface area contributed by atoms with Gasteiger partial charge in [-0.05, 0) is 12.1 Å². The SMILES string of the molecule is CC(C)C(=O)Nc1ncccc1N.